The number of amides is 2. The van der Waals surface area contributed by atoms with E-state index in [1.807, 2.05) is 30.3 Å². The second-order valence-corrected chi connectivity index (χ2v) is 8.59. The van der Waals surface area contributed by atoms with Crippen LogP contribution in [-0.2, 0) is 9.59 Å². The summed E-state index contributed by atoms with van der Waals surface area (Å²) < 4.78 is 24.5. The molecule has 5 rings (SSSR count). The number of hydrogen-bond acceptors (Lipinski definition) is 6. The number of halogens is 1. The van der Waals surface area contributed by atoms with Crippen LogP contribution >= 0.6 is 11.8 Å². The molecular weight excluding hydrogens is 469 g/mol. The van der Waals surface area contributed by atoms with E-state index < -0.39 is 5.82 Å². The maximum atomic E-state index is 13.5. The Morgan fingerprint density at radius 1 is 1.03 bits per heavy atom. The first-order valence-electron chi connectivity index (χ1n) is 10.8. The molecule has 1 N–H and O–H groups in total. The van der Waals surface area contributed by atoms with Crippen molar-refractivity contribution in [1.82, 2.24) is 0 Å². The van der Waals surface area contributed by atoms with Gasteiger partial charge in [-0.25, -0.2) is 9.38 Å². The van der Waals surface area contributed by atoms with Crippen molar-refractivity contribution in [2.45, 2.75) is 0 Å². The molecule has 9 heteroatoms. The average Bonchev–Trinajstić information content (AvgIpc) is 3.18. The summed E-state index contributed by atoms with van der Waals surface area (Å²) in [5.74, 6) is 0.180. The van der Waals surface area contributed by atoms with Gasteiger partial charge in [0.1, 0.15) is 24.7 Å². The number of fused-ring (bicyclic) bond motifs is 1. The highest BCUT2D eigenvalue weighted by Crippen LogP contribution is 2.33. The molecule has 3 aromatic rings. The van der Waals surface area contributed by atoms with Crippen molar-refractivity contribution >= 4 is 46.2 Å². The lowest BCUT2D eigenvalue weighted by Crippen LogP contribution is -2.31. The standard InChI is InChI=1S/C26H20FN3O4S/c27-18-6-9-20(10-7-18)30-25(32)21(14-17-4-2-1-3-5-17)29-26(30)35-16-24(31)28-19-8-11-22-23(15-19)34-13-12-33-22/h1-11,14-15H,12-13,16H2,(H,28,31)/b21-14+. The summed E-state index contributed by atoms with van der Waals surface area (Å²) in [7, 11) is 0. The molecule has 0 bridgehead atoms. The molecule has 2 aliphatic rings. The molecule has 2 aliphatic heterocycles. The fourth-order valence-corrected chi connectivity index (χ4v) is 4.38. The molecule has 3 aromatic carbocycles. The van der Waals surface area contributed by atoms with Gasteiger partial charge in [-0.3, -0.25) is 14.5 Å². The molecule has 2 heterocycles. The number of aliphatic imine (C=N–C) groups is 1. The van der Waals surface area contributed by atoms with E-state index in [4.69, 9.17) is 9.47 Å². The molecular formula is C26H20FN3O4S. The Labute approximate surface area is 205 Å². The number of hydrogen-bond donors (Lipinski definition) is 1. The normalized spacial score (nSPS) is 15.8. The Balaban J connectivity index is 1.33. The third-order valence-electron chi connectivity index (χ3n) is 5.18. The van der Waals surface area contributed by atoms with Crippen molar-refractivity contribution in [3.8, 4) is 11.5 Å². The van der Waals surface area contributed by atoms with Gasteiger partial charge in [-0.15, -0.1) is 0 Å². The van der Waals surface area contributed by atoms with Gasteiger partial charge in [0.25, 0.3) is 5.91 Å². The summed E-state index contributed by atoms with van der Waals surface area (Å²) in [5, 5.41) is 3.16. The molecule has 0 aromatic heterocycles. The molecule has 0 unspecified atom stereocenters. The average molecular weight is 490 g/mol. The van der Waals surface area contributed by atoms with E-state index in [-0.39, 0.29) is 23.3 Å². The van der Waals surface area contributed by atoms with Crippen molar-refractivity contribution in [2.75, 3.05) is 29.2 Å². The Bertz CT molecular complexity index is 1330. The quantitative estimate of drug-likeness (QED) is 0.525. The smallest absolute Gasteiger partial charge is 0.283 e. The minimum atomic E-state index is -0.412. The topological polar surface area (TPSA) is 80.2 Å². The van der Waals surface area contributed by atoms with Gasteiger partial charge in [0.2, 0.25) is 5.91 Å². The maximum absolute atomic E-state index is 13.5. The molecule has 0 atom stereocenters. The number of carbonyl (C=O) groups is 2. The molecule has 0 saturated carbocycles. The molecule has 2 amide bonds. The highest BCUT2D eigenvalue weighted by atomic mass is 32.2. The number of carbonyl (C=O) groups excluding carboxylic acids is 2. The summed E-state index contributed by atoms with van der Waals surface area (Å²) in [5.41, 5.74) is 2.09. The SMILES string of the molecule is O=C(CSC1=N/C(=C/c2ccccc2)C(=O)N1c1ccc(F)cc1)Nc1ccc2c(c1)OCCO2. The first kappa shape index (κ1) is 22.7. The van der Waals surface area contributed by atoms with Gasteiger partial charge in [0.05, 0.1) is 11.4 Å². The lowest BCUT2D eigenvalue weighted by molar-refractivity contribution is -0.114. The zero-order valence-corrected chi connectivity index (χ0v) is 19.3. The third kappa shape index (κ3) is 5.20. The van der Waals surface area contributed by atoms with Gasteiger partial charge in [-0.05, 0) is 48.0 Å². The van der Waals surface area contributed by atoms with Crippen molar-refractivity contribution < 1.29 is 23.5 Å². The van der Waals surface area contributed by atoms with Crippen molar-refractivity contribution in [2.24, 2.45) is 4.99 Å². The van der Waals surface area contributed by atoms with Crippen LogP contribution in [0.5, 0.6) is 11.5 Å². The van der Waals surface area contributed by atoms with Crippen LogP contribution in [0.4, 0.5) is 15.8 Å². The zero-order chi connectivity index (χ0) is 24.2. The van der Waals surface area contributed by atoms with E-state index in [2.05, 4.69) is 10.3 Å². The number of anilines is 2. The van der Waals surface area contributed by atoms with Crippen LogP contribution in [0, 0.1) is 5.82 Å². The van der Waals surface area contributed by atoms with E-state index in [0.717, 1.165) is 17.3 Å². The fourth-order valence-electron chi connectivity index (χ4n) is 3.57. The minimum Gasteiger partial charge on any atom is -0.486 e. The molecule has 0 spiro atoms. The van der Waals surface area contributed by atoms with E-state index in [1.165, 1.54) is 29.2 Å². The monoisotopic (exact) mass is 489 g/mol. The Morgan fingerprint density at radius 2 is 1.77 bits per heavy atom. The number of rotatable bonds is 5. The second-order valence-electron chi connectivity index (χ2n) is 7.65. The van der Waals surface area contributed by atoms with Crippen LogP contribution in [0.25, 0.3) is 6.08 Å². The van der Waals surface area contributed by atoms with Crippen molar-refractivity contribution in [3.63, 3.8) is 0 Å². The van der Waals surface area contributed by atoms with Crippen LogP contribution in [0.1, 0.15) is 5.56 Å². The predicted molar refractivity (Wildman–Crippen MR) is 134 cm³/mol. The van der Waals surface area contributed by atoms with E-state index in [9.17, 15) is 14.0 Å². The van der Waals surface area contributed by atoms with Gasteiger partial charge >= 0.3 is 0 Å². The van der Waals surface area contributed by atoms with Crippen LogP contribution in [0.2, 0.25) is 0 Å². The number of thioether (sulfide) groups is 1. The van der Waals surface area contributed by atoms with Crippen LogP contribution in [-0.4, -0.2) is 35.9 Å². The fraction of sp³-hybridized carbons (Fsp3) is 0.115. The molecule has 0 radical (unpaired) electrons. The second kappa shape index (κ2) is 10.0. The summed E-state index contributed by atoms with van der Waals surface area (Å²) in [4.78, 5) is 31.7. The van der Waals surface area contributed by atoms with E-state index in [1.54, 1.807) is 24.3 Å². The van der Waals surface area contributed by atoms with Crippen LogP contribution in [0.15, 0.2) is 83.5 Å². The van der Waals surface area contributed by atoms with Crippen LogP contribution < -0.4 is 19.7 Å². The predicted octanol–water partition coefficient (Wildman–Crippen LogP) is 4.71. The molecule has 7 nitrogen and oxygen atoms in total. The van der Waals surface area contributed by atoms with E-state index >= 15 is 0 Å². The Morgan fingerprint density at radius 3 is 2.54 bits per heavy atom. The highest BCUT2D eigenvalue weighted by Gasteiger charge is 2.32. The highest BCUT2D eigenvalue weighted by molar-refractivity contribution is 8.14. The first-order valence-corrected chi connectivity index (χ1v) is 11.8. The van der Waals surface area contributed by atoms with Gasteiger partial charge in [-0.1, -0.05) is 42.1 Å². The lowest BCUT2D eigenvalue weighted by atomic mass is 10.2. The first-order chi connectivity index (χ1) is 17.1. The number of nitrogens with one attached hydrogen (secondary N) is 1. The van der Waals surface area contributed by atoms with Crippen molar-refractivity contribution in [1.29, 1.82) is 0 Å². The molecule has 176 valence electrons. The Hall–Kier alpha value is -4.11. The lowest BCUT2D eigenvalue weighted by Gasteiger charge is -2.19. The molecule has 0 saturated heterocycles. The maximum Gasteiger partial charge on any atom is 0.283 e. The zero-order valence-electron chi connectivity index (χ0n) is 18.4. The summed E-state index contributed by atoms with van der Waals surface area (Å²) in [6, 6.07) is 20.1. The number of ether oxygens (including phenoxy) is 2. The Kier molecular flexibility index (Phi) is 6.49. The largest absolute Gasteiger partial charge is 0.486 e. The van der Waals surface area contributed by atoms with E-state index in [0.29, 0.717) is 41.3 Å². The van der Waals surface area contributed by atoms with Gasteiger partial charge < -0.3 is 14.8 Å². The number of nitrogens with zero attached hydrogens (tertiary/aromatic N) is 2. The molecule has 35 heavy (non-hydrogen) atoms. The summed E-state index contributed by atoms with van der Waals surface area (Å²) >= 11 is 1.12. The molecule has 0 fully saturated rings. The third-order valence-corrected chi connectivity index (χ3v) is 6.11. The number of amidine groups is 1. The van der Waals surface area contributed by atoms with Gasteiger partial charge in [0.15, 0.2) is 16.7 Å². The molecule has 0 aliphatic carbocycles. The van der Waals surface area contributed by atoms with Crippen LogP contribution in [0.3, 0.4) is 0 Å². The number of benzene rings is 3. The summed E-state index contributed by atoms with van der Waals surface area (Å²) in [6.45, 7) is 0.938. The minimum absolute atomic E-state index is 0.0108. The summed E-state index contributed by atoms with van der Waals surface area (Å²) in [6.07, 6.45) is 1.68. The van der Waals surface area contributed by atoms with Gasteiger partial charge in [-0.2, -0.15) is 0 Å². The van der Waals surface area contributed by atoms with Gasteiger partial charge in [0, 0.05) is 11.8 Å². The van der Waals surface area contributed by atoms with Crippen molar-refractivity contribution in [3.05, 3.63) is 89.9 Å².